The van der Waals surface area contributed by atoms with Gasteiger partial charge < -0.3 is 19.7 Å². The molecule has 3 aliphatic rings. The number of hydrogen-bond acceptors (Lipinski definition) is 7. The third kappa shape index (κ3) is 5.65. The molecular formula is C29H31N3O4S. The van der Waals surface area contributed by atoms with E-state index in [4.69, 9.17) is 14.5 Å². The van der Waals surface area contributed by atoms with Crippen LogP contribution in [-0.4, -0.2) is 41.2 Å². The molecule has 7 nitrogen and oxygen atoms in total. The molecule has 192 valence electrons. The highest BCUT2D eigenvalue weighted by atomic mass is 32.2. The van der Waals surface area contributed by atoms with Crippen molar-refractivity contribution in [2.45, 2.75) is 51.9 Å². The highest BCUT2D eigenvalue weighted by Crippen LogP contribution is 2.45. The van der Waals surface area contributed by atoms with Gasteiger partial charge in [0.2, 0.25) is 5.91 Å². The lowest BCUT2D eigenvalue weighted by Gasteiger charge is -2.37. The number of amidine groups is 1. The van der Waals surface area contributed by atoms with Gasteiger partial charge in [0, 0.05) is 18.8 Å². The number of aliphatic imine (C=N–C) groups is 1. The summed E-state index contributed by atoms with van der Waals surface area (Å²) in [5, 5.41) is 5.73. The molecule has 1 N–H and O–H groups in total. The van der Waals surface area contributed by atoms with Crippen LogP contribution in [0.15, 0.2) is 82.0 Å². The van der Waals surface area contributed by atoms with Gasteiger partial charge in [-0.15, -0.1) is 0 Å². The van der Waals surface area contributed by atoms with Crippen molar-refractivity contribution >= 4 is 28.8 Å². The topological polar surface area (TPSA) is 80.2 Å². The van der Waals surface area contributed by atoms with E-state index in [1.54, 1.807) is 0 Å². The van der Waals surface area contributed by atoms with E-state index in [1.807, 2.05) is 78.8 Å². The van der Waals surface area contributed by atoms with E-state index in [2.05, 4.69) is 5.32 Å². The number of allylic oxidation sites excluding steroid dienone is 1. The van der Waals surface area contributed by atoms with Crippen LogP contribution in [0.5, 0.6) is 0 Å². The van der Waals surface area contributed by atoms with Crippen LogP contribution >= 0.6 is 11.8 Å². The zero-order valence-electron chi connectivity index (χ0n) is 21.1. The number of thioether (sulfide) groups is 1. The Bertz CT molecular complexity index is 1260. The summed E-state index contributed by atoms with van der Waals surface area (Å²) in [6.07, 6.45) is 2.27. The van der Waals surface area contributed by atoms with Gasteiger partial charge in [0.05, 0.1) is 29.8 Å². The fraction of sp³-hybridized carbons (Fsp3) is 0.345. The Kier molecular flexibility index (Phi) is 7.76. The first-order valence-corrected chi connectivity index (χ1v) is 13.5. The van der Waals surface area contributed by atoms with Gasteiger partial charge in [0.1, 0.15) is 6.61 Å². The fourth-order valence-electron chi connectivity index (χ4n) is 4.88. The molecule has 3 aliphatic heterocycles. The molecule has 37 heavy (non-hydrogen) atoms. The van der Waals surface area contributed by atoms with Gasteiger partial charge in [-0.25, -0.2) is 9.79 Å². The number of benzene rings is 2. The normalized spacial score (nSPS) is 20.9. The van der Waals surface area contributed by atoms with Gasteiger partial charge in [-0.05, 0) is 48.8 Å². The van der Waals surface area contributed by atoms with Gasteiger partial charge in [0.25, 0.3) is 0 Å². The maximum Gasteiger partial charge on any atom is 0.338 e. The second-order valence-electron chi connectivity index (χ2n) is 9.43. The second-order valence-corrected chi connectivity index (χ2v) is 10.3. The summed E-state index contributed by atoms with van der Waals surface area (Å²) >= 11 is 1.47. The van der Waals surface area contributed by atoms with E-state index in [1.165, 1.54) is 11.8 Å². The predicted octanol–water partition coefficient (Wildman–Crippen LogP) is 5.00. The van der Waals surface area contributed by atoms with Gasteiger partial charge in [-0.3, -0.25) is 4.79 Å². The van der Waals surface area contributed by atoms with Crippen LogP contribution < -0.4 is 5.32 Å². The van der Waals surface area contributed by atoms with E-state index >= 15 is 0 Å². The lowest BCUT2D eigenvalue weighted by Crippen LogP contribution is -2.39. The predicted molar refractivity (Wildman–Crippen MR) is 144 cm³/mol. The molecule has 0 spiro atoms. The standard InChI is InChI=1S/C29H31N3O4S/c1-19-9-6-7-13-24(19)27-26(28(34)36-17-21-10-4-3-5-11-21)20(2)31-29-32(27)22(18-37-29)15-25(33)30-16-23-12-8-14-35-23/h3-7,9-11,13,18,23,27H,8,12,14-17H2,1-2H3,(H,30,33)/t23-,27-/m1/s1. The quantitative estimate of drug-likeness (QED) is 0.497. The van der Waals surface area contributed by atoms with E-state index in [0.29, 0.717) is 17.8 Å². The number of aryl methyl sites for hydroxylation is 1. The summed E-state index contributed by atoms with van der Waals surface area (Å²) in [5.74, 6) is -0.483. The smallest absolute Gasteiger partial charge is 0.338 e. The Labute approximate surface area is 221 Å². The minimum atomic E-state index is -0.441. The van der Waals surface area contributed by atoms with Crippen molar-refractivity contribution in [2.24, 2.45) is 4.99 Å². The molecule has 1 saturated heterocycles. The van der Waals surface area contributed by atoms with Crippen LogP contribution in [0.2, 0.25) is 0 Å². The van der Waals surface area contributed by atoms with E-state index in [-0.39, 0.29) is 25.0 Å². The van der Waals surface area contributed by atoms with Crippen LogP contribution in [-0.2, 0) is 25.7 Å². The molecular weight excluding hydrogens is 486 g/mol. The van der Waals surface area contributed by atoms with E-state index in [9.17, 15) is 9.59 Å². The van der Waals surface area contributed by atoms with Crippen molar-refractivity contribution in [3.05, 3.63) is 93.7 Å². The average molecular weight is 518 g/mol. The Hall–Kier alpha value is -3.36. The summed E-state index contributed by atoms with van der Waals surface area (Å²) in [6, 6.07) is 17.2. The summed E-state index contributed by atoms with van der Waals surface area (Å²) in [6.45, 7) is 5.32. The van der Waals surface area contributed by atoms with Gasteiger partial charge in [-0.2, -0.15) is 0 Å². The molecule has 2 aromatic carbocycles. The SMILES string of the molecule is CC1=C(C(=O)OCc2ccccc2)[C@@H](c2ccccc2C)N2C(CC(=O)NC[C@H]3CCCO3)=CSC2=N1. The molecule has 2 aromatic rings. The number of carbonyl (C=O) groups excluding carboxylic acids is 2. The van der Waals surface area contributed by atoms with E-state index < -0.39 is 12.0 Å². The second kappa shape index (κ2) is 11.4. The molecule has 0 bridgehead atoms. The number of fused-ring (bicyclic) bond motifs is 1. The van der Waals surface area contributed by atoms with Gasteiger partial charge >= 0.3 is 5.97 Å². The maximum atomic E-state index is 13.5. The first kappa shape index (κ1) is 25.3. The number of hydrogen-bond donors (Lipinski definition) is 1. The number of nitrogens with zero attached hydrogens (tertiary/aromatic N) is 2. The highest BCUT2D eigenvalue weighted by molar-refractivity contribution is 8.16. The average Bonchev–Trinajstić information content (AvgIpc) is 3.56. The van der Waals surface area contributed by atoms with Crippen molar-refractivity contribution in [3.8, 4) is 0 Å². The van der Waals surface area contributed by atoms with Crippen molar-refractivity contribution in [2.75, 3.05) is 13.2 Å². The molecule has 1 amide bonds. The summed E-state index contributed by atoms with van der Waals surface area (Å²) in [7, 11) is 0. The molecule has 0 unspecified atom stereocenters. The van der Waals surface area contributed by atoms with Crippen molar-refractivity contribution in [3.63, 3.8) is 0 Å². The molecule has 0 aromatic heterocycles. The summed E-state index contributed by atoms with van der Waals surface area (Å²) in [4.78, 5) is 33.2. The van der Waals surface area contributed by atoms with Crippen LogP contribution in [0.1, 0.15) is 48.9 Å². The maximum absolute atomic E-state index is 13.5. The van der Waals surface area contributed by atoms with Crippen LogP contribution in [0.4, 0.5) is 0 Å². The number of carbonyl (C=O) groups is 2. The molecule has 0 aliphatic carbocycles. The minimum Gasteiger partial charge on any atom is -0.457 e. The molecule has 2 atom stereocenters. The lowest BCUT2D eigenvalue weighted by molar-refractivity contribution is -0.141. The molecule has 3 heterocycles. The van der Waals surface area contributed by atoms with Crippen molar-refractivity contribution < 1.29 is 19.1 Å². The van der Waals surface area contributed by atoms with Crippen LogP contribution in [0.25, 0.3) is 0 Å². The Morgan fingerprint density at radius 2 is 1.92 bits per heavy atom. The zero-order chi connectivity index (χ0) is 25.8. The Morgan fingerprint density at radius 3 is 2.68 bits per heavy atom. The molecule has 0 radical (unpaired) electrons. The number of ether oxygens (including phenoxy) is 2. The third-order valence-corrected chi connectivity index (χ3v) is 7.70. The monoisotopic (exact) mass is 517 g/mol. The number of nitrogens with one attached hydrogen (secondary N) is 1. The number of rotatable bonds is 8. The number of amides is 1. The molecule has 5 rings (SSSR count). The first-order chi connectivity index (χ1) is 18.0. The lowest BCUT2D eigenvalue weighted by atomic mass is 9.91. The highest BCUT2D eigenvalue weighted by Gasteiger charge is 2.41. The largest absolute Gasteiger partial charge is 0.457 e. The minimum absolute atomic E-state index is 0.0772. The van der Waals surface area contributed by atoms with Gasteiger partial charge in [-0.1, -0.05) is 66.4 Å². The first-order valence-electron chi connectivity index (χ1n) is 12.6. The summed E-state index contributed by atoms with van der Waals surface area (Å²) in [5.41, 5.74) is 4.87. The van der Waals surface area contributed by atoms with Crippen LogP contribution in [0, 0.1) is 6.92 Å². The number of esters is 1. The molecule has 8 heteroatoms. The van der Waals surface area contributed by atoms with Crippen LogP contribution in [0.3, 0.4) is 0 Å². The fourth-order valence-corrected chi connectivity index (χ4v) is 5.84. The molecule has 1 fully saturated rings. The zero-order valence-corrected chi connectivity index (χ0v) is 21.9. The Balaban J connectivity index is 1.40. The van der Waals surface area contributed by atoms with Crippen molar-refractivity contribution in [1.29, 1.82) is 0 Å². The van der Waals surface area contributed by atoms with Crippen molar-refractivity contribution in [1.82, 2.24) is 10.2 Å². The summed E-state index contributed by atoms with van der Waals surface area (Å²) < 4.78 is 11.4. The molecule has 0 saturated carbocycles. The van der Waals surface area contributed by atoms with E-state index in [0.717, 1.165) is 47.0 Å². The third-order valence-electron chi connectivity index (χ3n) is 6.81. The van der Waals surface area contributed by atoms with Gasteiger partial charge in [0.15, 0.2) is 5.17 Å². The Morgan fingerprint density at radius 1 is 1.14 bits per heavy atom.